The molecule has 1 amide bonds. The molecular formula is C30H28N2O2. The van der Waals surface area contributed by atoms with E-state index in [2.05, 4.69) is 60.4 Å². The van der Waals surface area contributed by atoms with E-state index >= 15 is 0 Å². The number of carbonyl (C=O) groups is 1. The molecule has 0 saturated heterocycles. The molecule has 1 aliphatic heterocycles. The van der Waals surface area contributed by atoms with Gasteiger partial charge in [0.15, 0.2) is 0 Å². The molecule has 4 aromatic rings. The molecule has 0 bridgehead atoms. The Hall–Kier alpha value is -4.05. The lowest BCUT2D eigenvalue weighted by atomic mass is 9.99. The number of hydrogen-bond acceptors (Lipinski definition) is 3. The number of hydrogen-bond donors (Lipinski definition) is 0. The van der Waals surface area contributed by atoms with Crippen LogP contribution in [-0.4, -0.2) is 12.5 Å². The summed E-state index contributed by atoms with van der Waals surface area (Å²) in [5.41, 5.74) is 5.91. The van der Waals surface area contributed by atoms with Gasteiger partial charge < -0.3 is 9.64 Å². The SMILES string of the molecule is CCOc1ccc([C@H]2N(Cc3ccccc3)c3ccccc3C(=O)N2c2ccc(C)cc2)cc1. The molecule has 5 rings (SSSR count). The minimum absolute atomic E-state index is 0.00245. The number of carbonyl (C=O) groups excluding carboxylic acids is 1. The van der Waals surface area contributed by atoms with Crippen molar-refractivity contribution in [2.75, 3.05) is 16.4 Å². The van der Waals surface area contributed by atoms with Crippen LogP contribution in [0.4, 0.5) is 11.4 Å². The highest BCUT2D eigenvalue weighted by Crippen LogP contribution is 2.42. The van der Waals surface area contributed by atoms with Crippen LogP contribution >= 0.6 is 0 Å². The fourth-order valence-electron chi connectivity index (χ4n) is 4.56. The molecule has 170 valence electrons. The number of ether oxygens (including phenoxy) is 1. The molecule has 4 nitrogen and oxygen atoms in total. The van der Waals surface area contributed by atoms with Crippen molar-refractivity contribution in [3.63, 3.8) is 0 Å². The second-order valence-corrected chi connectivity index (χ2v) is 8.52. The predicted molar refractivity (Wildman–Crippen MR) is 137 cm³/mol. The first kappa shape index (κ1) is 21.8. The first-order chi connectivity index (χ1) is 16.7. The second-order valence-electron chi connectivity index (χ2n) is 8.52. The molecule has 0 aliphatic carbocycles. The van der Waals surface area contributed by atoms with Gasteiger partial charge in [0.25, 0.3) is 5.91 Å². The summed E-state index contributed by atoms with van der Waals surface area (Å²) in [7, 11) is 0. The minimum atomic E-state index is -0.305. The largest absolute Gasteiger partial charge is 0.494 e. The number of para-hydroxylation sites is 1. The van der Waals surface area contributed by atoms with Crippen LogP contribution in [0.1, 0.15) is 40.1 Å². The Bertz CT molecular complexity index is 1270. The average Bonchev–Trinajstić information content (AvgIpc) is 2.88. The van der Waals surface area contributed by atoms with Crippen molar-refractivity contribution in [1.82, 2.24) is 0 Å². The van der Waals surface area contributed by atoms with Crippen LogP contribution < -0.4 is 14.5 Å². The Labute approximate surface area is 201 Å². The molecule has 0 fully saturated rings. The molecule has 0 N–H and O–H groups in total. The number of anilines is 2. The van der Waals surface area contributed by atoms with Gasteiger partial charge in [-0.25, -0.2) is 0 Å². The summed E-state index contributed by atoms with van der Waals surface area (Å²) >= 11 is 0. The Morgan fingerprint density at radius 2 is 1.47 bits per heavy atom. The zero-order valence-electron chi connectivity index (χ0n) is 19.5. The van der Waals surface area contributed by atoms with Gasteiger partial charge in [0.05, 0.1) is 17.9 Å². The maximum absolute atomic E-state index is 13.9. The van der Waals surface area contributed by atoms with Crippen molar-refractivity contribution in [3.05, 3.63) is 125 Å². The molecule has 0 spiro atoms. The highest BCUT2D eigenvalue weighted by atomic mass is 16.5. The Morgan fingerprint density at radius 1 is 0.794 bits per heavy atom. The quantitative estimate of drug-likeness (QED) is 0.327. The van der Waals surface area contributed by atoms with Gasteiger partial charge in [-0.15, -0.1) is 0 Å². The summed E-state index contributed by atoms with van der Waals surface area (Å²) in [4.78, 5) is 18.2. The summed E-state index contributed by atoms with van der Waals surface area (Å²) in [5.74, 6) is 0.827. The molecule has 34 heavy (non-hydrogen) atoms. The van der Waals surface area contributed by atoms with Crippen LogP contribution in [0.2, 0.25) is 0 Å². The van der Waals surface area contributed by atoms with Gasteiger partial charge >= 0.3 is 0 Å². The summed E-state index contributed by atoms with van der Waals surface area (Å²) < 4.78 is 5.68. The van der Waals surface area contributed by atoms with Crippen LogP contribution in [0, 0.1) is 6.92 Å². The van der Waals surface area contributed by atoms with E-state index in [0.717, 1.165) is 28.3 Å². The zero-order chi connectivity index (χ0) is 23.5. The molecule has 0 unspecified atom stereocenters. The minimum Gasteiger partial charge on any atom is -0.494 e. The van der Waals surface area contributed by atoms with Crippen molar-refractivity contribution < 1.29 is 9.53 Å². The predicted octanol–water partition coefficient (Wildman–Crippen LogP) is 6.76. The van der Waals surface area contributed by atoms with E-state index < -0.39 is 0 Å². The highest BCUT2D eigenvalue weighted by molar-refractivity contribution is 6.12. The van der Waals surface area contributed by atoms with Crippen molar-refractivity contribution in [3.8, 4) is 5.75 Å². The zero-order valence-corrected chi connectivity index (χ0v) is 19.5. The van der Waals surface area contributed by atoms with Gasteiger partial charge in [0.2, 0.25) is 0 Å². The highest BCUT2D eigenvalue weighted by Gasteiger charge is 2.39. The maximum atomic E-state index is 13.9. The molecule has 1 atom stereocenters. The monoisotopic (exact) mass is 448 g/mol. The first-order valence-electron chi connectivity index (χ1n) is 11.7. The molecule has 1 aliphatic rings. The summed E-state index contributed by atoms with van der Waals surface area (Å²) in [5, 5.41) is 0. The number of nitrogens with zero attached hydrogens (tertiary/aromatic N) is 2. The van der Waals surface area contributed by atoms with Crippen LogP contribution in [0.25, 0.3) is 0 Å². The lowest BCUT2D eigenvalue weighted by Crippen LogP contribution is -2.49. The van der Waals surface area contributed by atoms with Gasteiger partial charge in [-0.2, -0.15) is 0 Å². The fraction of sp³-hybridized carbons (Fsp3) is 0.167. The van der Waals surface area contributed by atoms with Gasteiger partial charge in [-0.3, -0.25) is 9.69 Å². The maximum Gasteiger partial charge on any atom is 0.262 e. The van der Waals surface area contributed by atoms with Gasteiger partial charge in [0, 0.05) is 12.2 Å². The van der Waals surface area contributed by atoms with Crippen LogP contribution in [0.15, 0.2) is 103 Å². The van der Waals surface area contributed by atoms with E-state index in [1.807, 2.05) is 66.4 Å². The third-order valence-electron chi connectivity index (χ3n) is 6.20. The molecule has 0 radical (unpaired) electrons. The topological polar surface area (TPSA) is 32.8 Å². The molecule has 4 aromatic carbocycles. The lowest BCUT2D eigenvalue weighted by molar-refractivity contribution is 0.0968. The van der Waals surface area contributed by atoms with Gasteiger partial charge in [-0.1, -0.05) is 72.3 Å². The fourth-order valence-corrected chi connectivity index (χ4v) is 4.56. The normalized spacial score (nSPS) is 15.2. The van der Waals surface area contributed by atoms with Crippen molar-refractivity contribution in [2.24, 2.45) is 0 Å². The summed E-state index contributed by atoms with van der Waals surface area (Å²) in [6.45, 7) is 5.32. The number of rotatable bonds is 6. The smallest absolute Gasteiger partial charge is 0.262 e. The van der Waals surface area contributed by atoms with Crippen molar-refractivity contribution >= 4 is 17.3 Å². The Balaban J connectivity index is 1.68. The number of aryl methyl sites for hydroxylation is 1. The summed E-state index contributed by atoms with van der Waals surface area (Å²) in [6, 6.07) is 34.6. The molecule has 4 heteroatoms. The third-order valence-corrected chi connectivity index (χ3v) is 6.20. The lowest BCUT2D eigenvalue weighted by Gasteiger charge is -2.46. The van der Waals surface area contributed by atoms with Crippen molar-refractivity contribution in [2.45, 2.75) is 26.6 Å². The molecule has 0 aromatic heterocycles. The number of benzene rings is 4. The third kappa shape index (κ3) is 4.15. The van der Waals surface area contributed by atoms with E-state index in [4.69, 9.17) is 4.74 Å². The standard InChI is InChI=1S/C30H28N2O2/c1-3-34-26-19-15-24(16-20-26)29-31(21-23-9-5-4-6-10-23)28-12-8-7-11-27(28)30(33)32(29)25-17-13-22(2)14-18-25/h4-20,29H,3,21H2,1-2H3/t29-/m0/s1. The molecule has 1 heterocycles. The van der Waals surface area contributed by atoms with E-state index in [9.17, 15) is 4.79 Å². The van der Waals surface area contributed by atoms with E-state index in [1.165, 1.54) is 5.56 Å². The molecule has 0 saturated carbocycles. The van der Waals surface area contributed by atoms with Gasteiger partial charge in [0.1, 0.15) is 11.9 Å². The van der Waals surface area contributed by atoms with E-state index in [1.54, 1.807) is 0 Å². The van der Waals surface area contributed by atoms with Crippen LogP contribution in [0.5, 0.6) is 5.75 Å². The van der Waals surface area contributed by atoms with Crippen LogP contribution in [-0.2, 0) is 6.54 Å². The Kier molecular flexibility index (Phi) is 6.05. The Morgan fingerprint density at radius 3 is 2.18 bits per heavy atom. The number of amides is 1. The average molecular weight is 449 g/mol. The first-order valence-corrected chi connectivity index (χ1v) is 11.7. The number of fused-ring (bicyclic) bond motifs is 1. The van der Waals surface area contributed by atoms with E-state index in [-0.39, 0.29) is 12.1 Å². The van der Waals surface area contributed by atoms with Crippen LogP contribution in [0.3, 0.4) is 0 Å². The van der Waals surface area contributed by atoms with E-state index in [0.29, 0.717) is 18.7 Å². The summed E-state index contributed by atoms with van der Waals surface area (Å²) in [6.07, 6.45) is -0.305. The molecular weight excluding hydrogens is 420 g/mol. The van der Waals surface area contributed by atoms with Gasteiger partial charge in [-0.05, 0) is 61.4 Å². The van der Waals surface area contributed by atoms with Crippen molar-refractivity contribution in [1.29, 1.82) is 0 Å². The second kappa shape index (κ2) is 9.44.